The smallest absolute Gasteiger partial charge is 0.379 e. The number of carbonyl (C=O) groups is 5. The number of likely N-dealkylation sites (tertiary alicyclic amines) is 1. The second-order valence-corrected chi connectivity index (χ2v) is 18.4. The zero-order chi connectivity index (χ0) is 45.9. The predicted molar refractivity (Wildman–Crippen MR) is 220 cm³/mol. The molecule has 60 heavy (non-hydrogen) atoms. The molecule has 1 aliphatic heterocycles. The fraction of sp³-hybridized carbons (Fsp3) is 0.732. The van der Waals surface area contributed by atoms with Crippen LogP contribution in [-0.2, 0) is 55.8 Å². The van der Waals surface area contributed by atoms with Crippen molar-refractivity contribution in [3.05, 3.63) is 35.4 Å². The van der Waals surface area contributed by atoms with E-state index in [4.69, 9.17) is 9.47 Å². The number of nitrogens with zero attached hydrogens (tertiary/aromatic N) is 3. The summed E-state index contributed by atoms with van der Waals surface area (Å²) in [4.78, 5) is 71.3. The van der Waals surface area contributed by atoms with E-state index in [1.807, 2.05) is 60.5 Å². The van der Waals surface area contributed by atoms with Gasteiger partial charge in [0, 0.05) is 34.4 Å². The molecule has 5 amide bonds. The van der Waals surface area contributed by atoms with Crippen molar-refractivity contribution in [3.8, 4) is 0 Å². The summed E-state index contributed by atoms with van der Waals surface area (Å²) in [5.74, 6) is -5.79. The summed E-state index contributed by atoms with van der Waals surface area (Å²) < 4.78 is 77.4. The van der Waals surface area contributed by atoms with Crippen LogP contribution in [0.2, 0.25) is 0 Å². The molecule has 1 aromatic carbocycles. The number of benzene rings is 1. The molecule has 0 saturated carbocycles. The van der Waals surface area contributed by atoms with Crippen molar-refractivity contribution in [2.45, 2.75) is 129 Å². The van der Waals surface area contributed by atoms with Crippen LogP contribution < -0.4 is 15.4 Å². The Bertz CT molecular complexity index is 1700. The summed E-state index contributed by atoms with van der Waals surface area (Å²) in [6.45, 7) is 13.0. The summed E-state index contributed by atoms with van der Waals surface area (Å²) >= 11 is 0. The van der Waals surface area contributed by atoms with Crippen LogP contribution in [0.1, 0.15) is 85.3 Å². The number of halogens is 3. The van der Waals surface area contributed by atoms with Gasteiger partial charge in [-0.1, -0.05) is 79.2 Å². The number of methoxy groups -OCH3 is 2. The lowest BCUT2D eigenvalue weighted by atomic mass is 9.89. The van der Waals surface area contributed by atoms with Crippen LogP contribution in [0.15, 0.2) is 24.3 Å². The molecule has 1 fully saturated rings. The van der Waals surface area contributed by atoms with Gasteiger partial charge in [0.15, 0.2) is 0 Å². The van der Waals surface area contributed by atoms with Crippen molar-refractivity contribution in [3.63, 3.8) is 0 Å². The van der Waals surface area contributed by atoms with Crippen LogP contribution in [0.3, 0.4) is 0 Å². The molecule has 15 nitrogen and oxygen atoms in total. The van der Waals surface area contributed by atoms with Crippen molar-refractivity contribution in [1.82, 2.24) is 30.1 Å². The van der Waals surface area contributed by atoms with Gasteiger partial charge in [-0.05, 0) is 55.8 Å². The molecule has 0 bridgehead atoms. The van der Waals surface area contributed by atoms with Crippen LogP contribution in [-0.4, -0.2) is 137 Å². The lowest BCUT2D eigenvalue weighted by Gasteiger charge is -2.41. The first-order valence-corrected chi connectivity index (χ1v) is 22.0. The first kappa shape index (κ1) is 52.3. The molecule has 3 N–H and O–H groups in total. The zero-order valence-electron chi connectivity index (χ0n) is 37.1. The van der Waals surface area contributed by atoms with Gasteiger partial charge in [0.25, 0.3) is 0 Å². The number of ether oxygens (including phenoxy) is 2. The Balaban J connectivity index is 2.21. The quantitative estimate of drug-likeness (QED) is 0.156. The highest BCUT2D eigenvalue weighted by molar-refractivity contribution is 7.89. The minimum Gasteiger partial charge on any atom is -0.379 e. The Hall–Kier alpha value is -3.81. The van der Waals surface area contributed by atoms with Crippen LogP contribution in [0.5, 0.6) is 0 Å². The van der Waals surface area contributed by atoms with Gasteiger partial charge in [-0.15, -0.1) is 0 Å². The Morgan fingerprint density at radius 3 is 1.97 bits per heavy atom. The fourth-order valence-electron chi connectivity index (χ4n) is 7.95. The van der Waals surface area contributed by atoms with Gasteiger partial charge in [-0.2, -0.15) is 13.2 Å². The van der Waals surface area contributed by atoms with Crippen LogP contribution in [0, 0.1) is 23.7 Å². The van der Waals surface area contributed by atoms with Gasteiger partial charge in [0.05, 0.1) is 48.4 Å². The molecule has 1 aliphatic rings. The molecule has 1 aromatic rings. The first-order chi connectivity index (χ1) is 27.8. The molecule has 0 radical (unpaired) electrons. The van der Waals surface area contributed by atoms with Gasteiger partial charge >= 0.3 is 12.1 Å². The molecule has 8 atom stereocenters. The number of alkyl halides is 3. The first-order valence-electron chi connectivity index (χ1n) is 20.4. The van der Waals surface area contributed by atoms with E-state index in [0.717, 1.165) is 0 Å². The number of amides is 5. The lowest BCUT2D eigenvalue weighted by Crippen LogP contribution is -2.59. The van der Waals surface area contributed by atoms with E-state index in [2.05, 4.69) is 10.0 Å². The number of sulfonamides is 1. The fourth-order valence-corrected chi connectivity index (χ4v) is 9.14. The molecule has 0 spiro atoms. The minimum atomic E-state index is -5.04. The maximum Gasteiger partial charge on any atom is 0.471 e. The lowest BCUT2D eigenvalue weighted by molar-refractivity contribution is -0.173. The summed E-state index contributed by atoms with van der Waals surface area (Å²) in [6, 6.07) is 3.05. The summed E-state index contributed by atoms with van der Waals surface area (Å²) in [6.07, 6.45) is -5.02. The van der Waals surface area contributed by atoms with Gasteiger partial charge < -0.3 is 29.9 Å². The normalized spacial score (nSPS) is 18.4. The molecule has 2 rings (SSSR count). The number of hydrogen-bond acceptors (Lipinski definition) is 10. The van der Waals surface area contributed by atoms with Gasteiger partial charge in [0.2, 0.25) is 33.7 Å². The summed E-state index contributed by atoms with van der Waals surface area (Å²) in [7, 11) is 3.91. The third kappa shape index (κ3) is 14.4. The molecule has 0 aliphatic carbocycles. The predicted octanol–water partition coefficient (Wildman–Crippen LogP) is 3.46. The molecule has 342 valence electrons. The van der Waals surface area contributed by atoms with E-state index in [9.17, 15) is 45.6 Å². The van der Waals surface area contributed by atoms with E-state index in [1.165, 1.54) is 45.4 Å². The van der Waals surface area contributed by atoms with Crippen molar-refractivity contribution < 1.29 is 55.0 Å². The average molecular weight is 877 g/mol. The number of hydrogen-bond donors (Lipinski definition) is 3. The van der Waals surface area contributed by atoms with Crippen molar-refractivity contribution in [2.24, 2.45) is 23.7 Å². The number of carbonyl (C=O) groups excluding carboxylic acids is 5. The van der Waals surface area contributed by atoms with E-state index in [-0.39, 0.29) is 47.5 Å². The summed E-state index contributed by atoms with van der Waals surface area (Å²) in [5.41, 5.74) is 0.549. The highest BCUT2D eigenvalue weighted by Crippen LogP contribution is 2.30. The molecular weight excluding hydrogens is 810 g/mol. The van der Waals surface area contributed by atoms with E-state index < -0.39 is 82.6 Å². The molecule has 0 aromatic heterocycles. The largest absolute Gasteiger partial charge is 0.471 e. The van der Waals surface area contributed by atoms with Crippen molar-refractivity contribution >= 4 is 39.6 Å². The zero-order valence-corrected chi connectivity index (χ0v) is 37.9. The second kappa shape index (κ2) is 22.9. The summed E-state index contributed by atoms with van der Waals surface area (Å²) in [5, 5.41) is 4.72. The molecule has 1 heterocycles. The molecule has 7 unspecified atom stereocenters. The Kier molecular flexibility index (Phi) is 19.9. The molecule has 1 saturated heterocycles. The van der Waals surface area contributed by atoms with Gasteiger partial charge in [-0.25, -0.2) is 8.42 Å². The van der Waals surface area contributed by atoms with Crippen LogP contribution in [0.4, 0.5) is 13.2 Å². The van der Waals surface area contributed by atoms with Crippen molar-refractivity contribution in [1.29, 1.82) is 0 Å². The average Bonchev–Trinajstić information content (AvgIpc) is 3.64. The van der Waals surface area contributed by atoms with Crippen LogP contribution in [0.25, 0.3) is 0 Å². The number of likely N-dealkylation sites (N-methyl/N-ethyl adjacent to an activating group) is 2. The molecular formula is C41H67F3N6O9S. The minimum absolute atomic E-state index is 0.00319. The third-order valence-corrected chi connectivity index (χ3v) is 12.5. The van der Waals surface area contributed by atoms with Crippen LogP contribution >= 0.6 is 0 Å². The second-order valence-electron chi connectivity index (χ2n) is 16.7. The van der Waals surface area contributed by atoms with Crippen molar-refractivity contribution in [2.75, 3.05) is 41.9 Å². The van der Waals surface area contributed by atoms with E-state index in [0.29, 0.717) is 31.4 Å². The highest BCUT2D eigenvalue weighted by Gasteiger charge is 2.44. The van der Waals surface area contributed by atoms with E-state index >= 15 is 0 Å². The van der Waals surface area contributed by atoms with Gasteiger partial charge in [0.1, 0.15) is 6.04 Å². The number of nitrogens with one attached hydrogen (secondary N) is 3. The monoisotopic (exact) mass is 876 g/mol. The third-order valence-electron chi connectivity index (χ3n) is 11.3. The Morgan fingerprint density at radius 2 is 1.48 bits per heavy atom. The topological polar surface area (TPSA) is 184 Å². The Labute approximate surface area is 353 Å². The number of rotatable bonds is 22. The molecule has 19 heteroatoms. The van der Waals surface area contributed by atoms with E-state index in [1.54, 1.807) is 22.2 Å². The maximum absolute atomic E-state index is 14.2. The highest BCUT2D eigenvalue weighted by atomic mass is 32.2. The van der Waals surface area contributed by atoms with Gasteiger partial charge in [-0.3, -0.25) is 33.6 Å². The maximum atomic E-state index is 14.2. The Morgan fingerprint density at radius 1 is 0.900 bits per heavy atom. The standard InChI is InChI=1S/C41H67F3N6O9S/c1-13-26(6)35(49(10)39(54)33(24(2)3)46-38(53)34(25(4)5)48(8)9)31(58-11)21-32(51)50-20-14-15-30(50)36(59-12)27(7)37(52)47-60(56,57)23-29-18-16-28(17-19-29)22-45-40(55)41(42,43)44/h16-19,24-27,30-31,33-36H,13-15,20-23H2,1-12H3,(H,45,55)(H,46,53)(H,47,52)/t26?,27?,30-,31?,33?,34?,35?,36?/m0/s1. The SMILES string of the molecule is CCC(C)C(C(CC(=O)N1CCC[C@H]1C(OC)C(C)C(=O)NS(=O)(=O)Cc1ccc(CNC(=O)C(F)(F)F)cc1)OC)N(C)C(=O)C(NC(=O)C(C(C)C)N(C)C)C(C)C.